The Hall–Kier alpha value is -0.900. The highest BCUT2D eigenvalue weighted by molar-refractivity contribution is 7.09. The van der Waals surface area contributed by atoms with E-state index in [0.29, 0.717) is 0 Å². The van der Waals surface area contributed by atoms with E-state index in [-0.39, 0.29) is 0 Å². The molecule has 0 bridgehead atoms. The molecule has 1 aromatic heterocycles. The van der Waals surface area contributed by atoms with Crippen molar-refractivity contribution in [3.05, 3.63) is 50.9 Å². The van der Waals surface area contributed by atoms with Crippen LogP contribution in [0, 0.1) is 0 Å². The number of hydrogen-bond acceptors (Lipinski definition) is 3. The number of hydrogen-bond donors (Lipinski definition) is 1. The zero-order valence-corrected chi connectivity index (χ0v) is 11.6. The SMILES string of the molecule is Clc1ccccc1Cc1nc(CNC2CC2)cs1. The van der Waals surface area contributed by atoms with Gasteiger partial charge in [0.25, 0.3) is 0 Å². The highest BCUT2D eigenvalue weighted by atomic mass is 35.5. The molecule has 94 valence electrons. The Kier molecular flexibility index (Phi) is 3.64. The van der Waals surface area contributed by atoms with E-state index in [1.54, 1.807) is 11.3 Å². The molecular formula is C14H15ClN2S. The number of rotatable bonds is 5. The lowest BCUT2D eigenvalue weighted by Crippen LogP contribution is -2.15. The molecule has 0 unspecified atom stereocenters. The second kappa shape index (κ2) is 5.39. The fourth-order valence-electron chi connectivity index (χ4n) is 1.85. The quantitative estimate of drug-likeness (QED) is 0.903. The van der Waals surface area contributed by atoms with E-state index in [4.69, 9.17) is 11.6 Å². The summed E-state index contributed by atoms with van der Waals surface area (Å²) in [5, 5.41) is 7.58. The fraction of sp³-hybridized carbons (Fsp3) is 0.357. The molecule has 2 aromatic rings. The smallest absolute Gasteiger partial charge is 0.0973 e. The lowest BCUT2D eigenvalue weighted by Gasteiger charge is -2.01. The molecule has 1 fully saturated rings. The monoisotopic (exact) mass is 278 g/mol. The van der Waals surface area contributed by atoms with Gasteiger partial charge in [-0.25, -0.2) is 4.98 Å². The van der Waals surface area contributed by atoms with Crippen LogP contribution in [0.25, 0.3) is 0 Å². The second-order valence-corrected chi connectivity index (χ2v) is 6.01. The minimum atomic E-state index is 0.735. The minimum Gasteiger partial charge on any atom is -0.308 e. The van der Waals surface area contributed by atoms with Crippen molar-refractivity contribution in [1.82, 2.24) is 10.3 Å². The largest absolute Gasteiger partial charge is 0.308 e. The standard InChI is InChI=1S/C14H15ClN2S/c15-13-4-2-1-3-10(13)7-14-17-12(9-18-14)8-16-11-5-6-11/h1-4,9,11,16H,5-8H2. The van der Waals surface area contributed by atoms with Crippen LogP contribution in [0.3, 0.4) is 0 Å². The Morgan fingerprint density at radius 2 is 2.17 bits per heavy atom. The number of thiazole rings is 1. The predicted molar refractivity (Wildman–Crippen MR) is 76.2 cm³/mol. The first-order chi connectivity index (χ1) is 8.81. The van der Waals surface area contributed by atoms with Crippen molar-refractivity contribution in [3.63, 3.8) is 0 Å². The number of halogens is 1. The van der Waals surface area contributed by atoms with Crippen molar-refractivity contribution in [2.75, 3.05) is 0 Å². The van der Waals surface area contributed by atoms with Gasteiger partial charge in [0.2, 0.25) is 0 Å². The summed E-state index contributed by atoms with van der Waals surface area (Å²) in [7, 11) is 0. The van der Waals surface area contributed by atoms with Gasteiger partial charge in [-0.15, -0.1) is 11.3 Å². The zero-order chi connectivity index (χ0) is 12.4. The first-order valence-electron chi connectivity index (χ1n) is 6.21. The summed E-state index contributed by atoms with van der Waals surface area (Å²) in [5.41, 5.74) is 2.30. The second-order valence-electron chi connectivity index (χ2n) is 4.66. The van der Waals surface area contributed by atoms with Crippen LogP contribution < -0.4 is 5.32 Å². The van der Waals surface area contributed by atoms with E-state index in [1.165, 1.54) is 12.8 Å². The van der Waals surface area contributed by atoms with E-state index in [9.17, 15) is 0 Å². The minimum absolute atomic E-state index is 0.735. The highest BCUT2D eigenvalue weighted by Crippen LogP contribution is 2.22. The third-order valence-electron chi connectivity index (χ3n) is 3.05. The molecule has 1 saturated carbocycles. The van der Waals surface area contributed by atoms with Crippen LogP contribution in [0.5, 0.6) is 0 Å². The van der Waals surface area contributed by atoms with Gasteiger partial charge in [-0.05, 0) is 24.5 Å². The van der Waals surface area contributed by atoms with Crippen LogP contribution in [-0.4, -0.2) is 11.0 Å². The van der Waals surface area contributed by atoms with Crippen LogP contribution in [0.1, 0.15) is 29.1 Å². The van der Waals surface area contributed by atoms with Gasteiger partial charge in [0.05, 0.1) is 10.7 Å². The van der Waals surface area contributed by atoms with Gasteiger partial charge in [-0.2, -0.15) is 0 Å². The molecule has 0 radical (unpaired) electrons. The summed E-state index contributed by atoms with van der Waals surface area (Å²) in [4.78, 5) is 4.64. The summed E-state index contributed by atoms with van der Waals surface area (Å²) >= 11 is 7.87. The molecule has 4 heteroatoms. The molecule has 0 aliphatic heterocycles. The van der Waals surface area contributed by atoms with Crippen molar-refractivity contribution in [1.29, 1.82) is 0 Å². The lowest BCUT2D eigenvalue weighted by atomic mass is 10.2. The molecule has 1 heterocycles. The molecule has 0 spiro atoms. The highest BCUT2D eigenvalue weighted by Gasteiger charge is 2.20. The van der Waals surface area contributed by atoms with Crippen molar-refractivity contribution < 1.29 is 0 Å². The molecule has 1 aromatic carbocycles. The summed E-state index contributed by atoms with van der Waals surface area (Å²) in [6, 6.07) is 8.70. The topological polar surface area (TPSA) is 24.9 Å². The number of aromatic nitrogens is 1. The molecule has 0 amide bonds. The van der Waals surface area contributed by atoms with Crippen molar-refractivity contribution in [2.24, 2.45) is 0 Å². The molecule has 3 rings (SSSR count). The van der Waals surface area contributed by atoms with Crippen LogP contribution in [-0.2, 0) is 13.0 Å². The number of nitrogens with zero attached hydrogens (tertiary/aromatic N) is 1. The third-order valence-corrected chi connectivity index (χ3v) is 4.31. The van der Waals surface area contributed by atoms with Crippen LogP contribution in [0.4, 0.5) is 0 Å². The van der Waals surface area contributed by atoms with Crippen molar-refractivity contribution in [3.8, 4) is 0 Å². The maximum absolute atomic E-state index is 6.16. The van der Waals surface area contributed by atoms with E-state index >= 15 is 0 Å². The molecule has 0 saturated heterocycles. The van der Waals surface area contributed by atoms with Gasteiger partial charge in [0, 0.05) is 29.4 Å². The molecule has 18 heavy (non-hydrogen) atoms. The van der Waals surface area contributed by atoms with Crippen LogP contribution >= 0.6 is 22.9 Å². The Morgan fingerprint density at radius 3 is 2.94 bits per heavy atom. The molecule has 2 nitrogen and oxygen atoms in total. The van der Waals surface area contributed by atoms with E-state index in [0.717, 1.165) is 40.3 Å². The normalized spacial score (nSPS) is 14.9. The lowest BCUT2D eigenvalue weighted by molar-refractivity contribution is 0.676. The van der Waals surface area contributed by atoms with Gasteiger partial charge in [-0.3, -0.25) is 0 Å². The molecule has 1 N–H and O–H groups in total. The maximum atomic E-state index is 6.16. The summed E-state index contributed by atoms with van der Waals surface area (Å²) in [6.45, 7) is 0.893. The maximum Gasteiger partial charge on any atom is 0.0973 e. The van der Waals surface area contributed by atoms with Gasteiger partial charge < -0.3 is 5.32 Å². The fourth-order valence-corrected chi connectivity index (χ4v) is 2.87. The Bertz CT molecular complexity index is 534. The Morgan fingerprint density at radius 1 is 1.33 bits per heavy atom. The molecule has 1 aliphatic rings. The number of benzene rings is 1. The first-order valence-corrected chi connectivity index (χ1v) is 7.47. The third kappa shape index (κ3) is 3.10. The summed E-state index contributed by atoms with van der Waals surface area (Å²) < 4.78 is 0. The van der Waals surface area contributed by atoms with Crippen molar-refractivity contribution in [2.45, 2.75) is 31.8 Å². The van der Waals surface area contributed by atoms with Gasteiger partial charge in [-0.1, -0.05) is 29.8 Å². The van der Waals surface area contributed by atoms with Gasteiger partial charge in [0.15, 0.2) is 0 Å². The Balaban J connectivity index is 1.63. The molecule has 0 atom stereocenters. The predicted octanol–water partition coefficient (Wildman–Crippen LogP) is 3.64. The zero-order valence-electron chi connectivity index (χ0n) is 10.0. The van der Waals surface area contributed by atoms with Crippen LogP contribution in [0.15, 0.2) is 29.6 Å². The van der Waals surface area contributed by atoms with E-state index < -0.39 is 0 Å². The average molecular weight is 279 g/mol. The van der Waals surface area contributed by atoms with Gasteiger partial charge in [0.1, 0.15) is 0 Å². The van der Waals surface area contributed by atoms with Gasteiger partial charge >= 0.3 is 0 Å². The van der Waals surface area contributed by atoms with Crippen molar-refractivity contribution >= 4 is 22.9 Å². The van der Waals surface area contributed by atoms with Crippen LogP contribution in [0.2, 0.25) is 5.02 Å². The van der Waals surface area contributed by atoms with E-state index in [2.05, 4.69) is 21.7 Å². The average Bonchev–Trinajstić information content (AvgIpc) is 3.10. The Labute approximate surface area is 116 Å². The summed E-state index contributed by atoms with van der Waals surface area (Å²) in [6.07, 6.45) is 3.46. The number of nitrogens with one attached hydrogen (secondary N) is 1. The first kappa shape index (κ1) is 12.2. The van der Waals surface area contributed by atoms with E-state index in [1.807, 2.05) is 18.2 Å². The molecular weight excluding hydrogens is 264 g/mol. The molecule has 1 aliphatic carbocycles. The summed E-state index contributed by atoms with van der Waals surface area (Å²) in [5.74, 6) is 0.